The lowest BCUT2D eigenvalue weighted by molar-refractivity contribution is -0.133. The third-order valence-electron chi connectivity index (χ3n) is 2.87. The molecule has 1 aromatic heterocycles. The average molecular weight is 306 g/mol. The minimum atomic E-state index is -0.838. The Kier molecular flexibility index (Phi) is 5.27. The second-order valence-corrected chi connectivity index (χ2v) is 5.52. The van der Waals surface area contributed by atoms with Gasteiger partial charge in [-0.15, -0.1) is 0 Å². The van der Waals surface area contributed by atoms with Crippen LogP contribution in [0.1, 0.15) is 19.0 Å². The van der Waals surface area contributed by atoms with Gasteiger partial charge in [-0.3, -0.25) is 4.79 Å². The summed E-state index contributed by atoms with van der Waals surface area (Å²) in [4.78, 5) is 10.8. The number of ether oxygens (including phenoxy) is 1. The molecule has 0 aliphatic rings. The molecular weight excluding hydrogens is 288 g/mol. The maximum Gasteiger partial charge on any atom is 0.313 e. The van der Waals surface area contributed by atoms with Crippen LogP contribution in [-0.4, -0.2) is 33.7 Å². The van der Waals surface area contributed by atoms with E-state index in [1.165, 1.54) is 11.8 Å². The summed E-state index contributed by atoms with van der Waals surface area (Å²) in [6, 6.07) is 9.52. The van der Waals surface area contributed by atoms with Gasteiger partial charge in [-0.1, -0.05) is 31.2 Å². The Morgan fingerprint density at radius 3 is 2.90 bits per heavy atom. The zero-order valence-electron chi connectivity index (χ0n) is 12.1. The van der Waals surface area contributed by atoms with Crippen molar-refractivity contribution in [3.8, 4) is 11.4 Å². The van der Waals surface area contributed by atoms with Crippen LogP contribution in [0.15, 0.2) is 35.4 Å². The molecule has 0 amide bonds. The number of carboxylic acids is 1. The first kappa shape index (κ1) is 15.4. The number of benzene rings is 1. The molecule has 2 aromatic rings. The number of aromatic nitrogens is 2. The van der Waals surface area contributed by atoms with E-state index in [2.05, 4.69) is 12.0 Å². The van der Waals surface area contributed by atoms with E-state index in [1.807, 2.05) is 30.3 Å². The van der Waals surface area contributed by atoms with Crippen molar-refractivity contribution in [3.63, 3.8) is 0 Å². The zero-order valence-corrected chi connectivity index (χ0v) is 12.9. The standard InChI is InChI=1S/C15H18N2O3S/c1-3-5-11-8-14(21-10-15(18)19)17(16-11)12-6-4-7-13(9-12)20-2/h4,6-9H,3,5,10H2,1-2H3,(H,18,19). The molecular formula is C15H18N2O3S. The van der Waals surface area contributed by atoms with E-state index in [4.69, 9.17) is 9.84 Å². The van der Waals surface area contributed by atoms with Gasteiger partial charge in [0.25, 0.3) is 0 Å². The van der Waals surface area contributed by atoms with Crippen molar-refractivity contribution in [2.24, 2.45) is 0 Å². The molecule has 21 heavy (non-hydrogen) atoms. The van der Waals surface area contributed by atoms with Crippen LogP contribution in [0.4, 0.5) is 0 Å². The minimum absolute atomic E-state index is 0.0151. The third-order valence-corrected chi connectivity index (χ3v) is 3.85. The van der Waals surface area contributed by atoms with Gasteiger partial charge in [0.1, 0.15) is 10.8 Å². The lowest BCUT2D eigenvalue weighted by Crippen LogP contribution is -2.02. The topological polar surface area (TPSA) is 64.3 Å². The van der Waals surface area contributed by atoms with Crippen LogP contribution in [0.2, 0.25) is 0 Å². The first-order valence-corrected chi connectivity index (χ1v) is 7.70. The molecule has 0 bridgehead atoms. The summed E-state index contributed by atoms with van der Waals surface area (Å²) in [7, 11) is 1.62. The second-order valence-electron chi connectivity index (χ2n) is 4.52. The van der Waals surface area contributed by atoms with E-state index in [0.717, 1.165) is 35.0 Å². The van der Waals surface area contributed by atoms with Crippen molar-refractivity contribution in [2.75, 3.05) is 12.9 Å². The summed E-state index contributed by atoms with van der Waals surface area (Å²) in [5, 5.41) is 14.3. The predicted molar refractivity (Wildman–Crippen MR) is 82.5 cm³/mol. The molecule has 1 heterocycles. The van der Waals surface area contributed by atoms with E-state index in [9.17, 15) is 4.79 Å². The van der Waals surface area contributed by atoms with Crippen LogP contribution in [0.25, 0.3) is 5.69 Å². The molecule has 0 atom stereocenters. The number of aryl methyl sites for hydroxylation is 1. The van der Waals surface area contributed by atoms with E-state index < -0.39 is 5.97 Å². The lowest BCUT2D eigenvalue weighted by Gasteiger charge is -2.07. The molecule has 2 rings (SSSR count). The molecule has 112 valence electrons. The number of rotatable bonds is 7. The van der Waals surface area contributed by atoms with E-state index >= 15 is 0 Å². The van der Waals surface area contributed by atoms with Gasteiger partial charge in [0.2, 0.25) is 0 Å². The van der Waals surface area contributed by atoms with Crippen molar-refractivity contribution >= 4 is 17.7 Å². The number of carboxylic acid groups (broad SMARTS) is 1. The molecule has 0 unspecified atom stereocenters. The van der Waals surface area contributed by atoms with Crippen molar-refractivity contribution in [1.82, 2.24) is 9.78 Å². The summed E-state index contributed by atoms with van der Waals surface area (Å²) >= 11 is 1.27. The van der Waals surface area contributed by atoms with Gasteiger partial charge in [-0.2, -0.15) is 5.10 Å². The molecule has 5 nitrogen and oxygen atoms in total. The number of aliphatic carboxylic acids is 1. The van der Waals surface area contributed by atoms with Gasteiger partial charge in [-0.05, 0) is 24.6 Å². The van der Waals surface area contributed by atoms with Crippen molar-refractivity contribution in [2.45, 2.75) is 24.8 Å². The maximum absolute atomic E-state index is 10.8. The molecule has 0 radical (unpaired) electrons. The monoisotopic (exact) mass is 306 g/mol. The van der Waals surface area contributed by atoms with Crippen LogP contribution in [0.3, 0.4) is 0 Å². The smallest absolute Gasteiger partial charge is 0.313 e. The van der Waals surface area contributed by atoms with Gasteiger partial charge < -0.3 is 9.84 Å². The van der Waals surface area contributed by atoms with Gasteiger partial charge in [0.15, 0.2) is 0 Å². The van der Waals surface area contributed by atoms with Crippen molar-refractivity contribution < 1.29 is 14.6 Å². The van der Waals surface area contributed by atoms with Crippen molar-refractivity contribution in [3.05, 3.63) is 36.0 Å². The molecule has 1 aromatic carbocycles. The first-order valence-electron chi connectivity index (χ1n) is 6.72. The van der Waals surface area contributed by atoms with Gasteiger partial charge in [0.05, 0.1) is 24.2 Å². The summed E-state index contributed by atoms with van der Waals surface area (Å²) in [5.74, 6) is -0.0778. The molecule has 6 heteroatoms. The van der Waals surface area contributed by atoms with Crippen LogP contribution >= 0.6 is 11.8 Å². The summed E-state index contributed by atoms with van der Waals surface area (Å²) < 4.78 is 7.01. The molecule has 0 aliphatic heterocycles. The van der Waals surface area contributed by atoms with E-state index in [-0.39, 0.29) is 5.75 Å². The normalized spacial score (nSPS) is 10.6. The number of hydrogen-bond acceptors (Lipinski definition) is 4. The van der Waals surface area contributed by atoms with Crippen LogP contribution in [0, 0.1) is 0 Å². The highest BCUT2D eigenvalue weighted by Gasteiger charge is 2.12. The fourth-order valence-corrected chi connectivity index (χ4v) is 2.71. The molecule has 1 N–H and O–H groups in total. The zero-order chi connectivity index (χ0) is 15.2. The van der Waals surface area contributed by atoms with Gasteiger partial charge in [-0.25, -0.2) is 4.68 Å². The van der Waals surface area contributed by atoms with Crippen molar-refractivity contribution in [1.29, 1.82) is 0 Å². The van der Waals surface area contributed by atoms with E-state index in [1.54, 1.807) is 11.8 Å². The number of carbonyl (C=O) groups is 1. The van der Waals surface area contributed by atoms with Crippen LogP contribution < -0.4 is 4.74 Å². The quantitative estimate of drug-likeness (QED) is 0.797. The minimum Gasteiger partial charge on any atom is -0.497 e. The molecule has 0 fully saturated rings. The number of nitrogens with zero attached hydrogens (tertiary/aromatic N) is 2. The fraction of sp³-hybridized carbons (Fsp3) is 0.333. The Labute approximate surface area is 127 Å². The predicted octanol–water partition coefficient (Wildman–Crippen LogP) is 3.01. The first-order chi connectivity index (χ1) is 10.1. The van der Waals surface area contributed by atoms with Gasteiger partial charge >= 0.3 is 5.97 Å². The molecule has 0 aliphatic carbocycles. The van der Waals surface area contributed by atoms with E-state index in [0.29, 0.717) is 0 Å². The Morgan fingerprint density at radius 1 is 1.43 bits per heavy atom. The largest absolute Gasteiger partial charge is 0.497 e. The summed E-state index contributed by atoms with van der Waals surface area (Å²) in [6.45, 7) is 2.09. The lowest BCUT2D eigenvalue weighted by atomic mass is 10.3. The second kappa shape index (κ2) is 7.17. The molecule has 0 saturated carbocycles. The van der Waals surface area contributed by atoms with Crippen LogP contribution in [0.5, 0.6) is 5.75 Å². The molecule has 0 saturated heterocycles. The highest BCUT2D eigenvalue weighted by molar-refractivity contribution is 7.99. The van der Waals surface area contributed by atoms with Crippen LogP contribution in [-0.2, 0) is 11.2 Å². The number of thioether (sulfide) groups is 1. The Balaban J connectivity index is 2.36. The van der Waals surface area contributed by atoms with Gasteiger partial charge in [0, 0.05) is 6.07 Å². The highest BCUT2D eigenvalue weighted by Crippen LogP contribution is 2.25. The molecule has 0 spiro atoms. The number of methoxy groups -OCH3 is 1. The summed E-state index contributed by atoms with van der Waals surface area (Å²) in [5.41, 5.74) is 1.83. The highest BCUT2D eigenvalue weighted by atomic mass is 32.2. The fourth-order valence-electron chi connectivity index (χ4n) is 1.95. The SMILES string of the molecule is CCCc1cc(SCC(=O)O)n(-c2cccc(OC)c2)n1. The summed E-state index contributed by atoms with van der Waals surface area (Å²) in [6.07, 6.45) is 1.87. The average Bonchev–Trinajstić information content (AvgIpc) is 2.88. The maximum atomic E-state index is 10.8. The Bertz CT molecular complexity index is 625. The Hall–Kier alpha value is -1.95. The third kappa shape index (κ3) is 4.01. The number of hydrogen-bond donors (Lipinski definition) is 1. The Morgan fingerprint density at radius 2 is 2.24 bits per heavy atom.